The van der Waals surface area contributed by atoms with Crippen LogP contribution in [0.4, 0.5) is 0 Å². The zero-order valence-electron chi connectivity index (χ0n) is 18.7. The molecule has 28 heavy (non-hydrogen) atoms. The summed E-state index contributed by atoms with van der Waals surface area (Å²) in [6, 6.07) is 2.87. The van der Waals surface area contributed by atoms with E-state index in [0.29, 0.717) is 23.5 Å². The van der Waals surface area contributed by atoms with Crippen LogP contribution in [-0.4, -0.2) is 51.8 Å². The Morgan fingerprint density at radius 3 is 1.54 bits per heavy atom. The van der Waals surface area contributed by atoms with Crippen molar-refractivity contribution in [2.45, 2.75) is 144 Å². The summed E-state index contributed by atoms with van der Waals surface area (Å²) in [5.41, 5.74) is 0.839. The third kappa shape index (κ3) is 4.78. The van der Waals surface area contributed by atoms with Crippen LogP contribution in [0.3, 0.4) is 0 Å². The molecule has 0 aromatic carbocycles. The van der Waals surface area contributed by atoms with E-state index in [2.05, 4.69) is 65.2 Å². The Balaban J connectivity index is 0.000000261. The first-order valence-electron chi connectivity index (χ1n) is 11.3. The van der Waals surface area contributed by atoms with Crippen molar-refractivity contribution in [2.24, 2.45) is 11.8 Å². The van der Waals surface area contributed by atoms with Gasteiger partial charge in [-0.25, -0.2) is 0 Å². The normalized spacial score (nSPS) is 30.0. The molecule has 0 bridgehead atoms. The summed E-state index contributed by atoms with van der Waals surface area (Å²) in [7, 11) is 0. The Morgan fingerprint density at radius 2 is 1.18 bits per heavy atom. The van der Waals surface area contributed by atoms with Crippen molar-refractivity contribution >= 4 is 0 Å². The molecule has 0 amide bonds. The molecular weight excluding hydrogens is 344 g/mol. The lowest BCUT2D eigenvalue weighted by molar-refractivity contribution is -0.0133. The van der Waals surface area contributed by atoms with Crippen molar-refractivity contribution in [1.82, 2.24) is 9.80 Å². The minimum Gasteiger partial charge on any atom is -0.359 e. The van der Waals surface area contributed by atoms with Gasteiger partial charge in [-0.3, -0.25) is 9.80 Å². The first-order chi connectivity index (χ1) is 12.1. The Kier molecular flexibility index (Phi) is 8.65. The first kappa shape index (κ1) is 25.9. The molecule has 2 aliphatic heterocycles. The van der Waals surface area contributed by atoms with Gasteiger partial charge in [-0.15, -0.1) is 0 Å². The zero-order chi connectivity index (χ0) is 19.3. The summed E-state index contributed by atoms with van der Waals surface area (Å²) in [4.78, 5) is 5.41. The fourth-order valence-electron chi connectivity index (χ4n) is 5.85. The van der Waals surface area contributed by atoms with Gasteiger partial charge in [0.2, 0.25) is 0 Å². The largest absolute Gasteiger partial charge is 0.359 e. The maximum atomic E-state index is 5.93. The highest BCUT2D eigenvalue weighted by Gasteiger charge is 2.57. The van der Waals surface area contributed by atoms with E-state index >= 15 is 0 Å². The molecule has 2 spiro atoms. The highest BCUT2D eigenvalue weighted by Crippen LogP contribution is 2.54. The van der Waals surface area contributed by atoms with E-state index < -0.39 is 0 Å². The van der Waals surface area contributed by atoms with Gasteiger partial charge in [-0.05, 0) is 78.1 Å². The average Bonchev–Trinajstić information content (AvgIpc) is 3.36. The van der Waals surface area contributed by atoms with Gasteiger partial charge in [0.05, 0.1) is 6.61 Å². The van der Waals surface area contributed by atoms with Crippen LogP contribution in [0.15, 0.2) is 0 Å². The van der Waals surface area contributed by atoms with Crippen molar-refractivity contribution in [1.29, 1.82) is 0 Å². The van der Waals surface area contributed by atoms with E-state index in [-0.39, 0.29) is 20.6 Å². The summed E-state index contributed by atoms with van der Waals surface area (Å²) < 4.78 is 5.93. The highest BCUT2D eigenvalue weighted by atomic mass is 16.5. The number of ether oxygens (including phenoxy) is 1. The second-order valence-corrected chi connectivity index (χ2v) is 10.6. The van der Waals surface area contributed by atoms with Crippen LogP contribution < -0.4 is 0 Å². The molecule has 0 unspecified atom stereocenters. The summed E-state index contributed by atoms with van der Waals surface area (Å²) in [5, 5.41) is 0. The molecule has 168 valence electrons. The molecule has 2 atom stereocenters. The predicted octanol–water partition coefficient (Wildman–Crippen LogP) is 6.56. The quantitative estimate of drug-likeness (QED) is 0.535. The maximum Gasteiger partial charge on any atom is 0.122 e. The molecule has 4 aliphatic rings. The molecule has 2 saturated heterocycles. The van der Waals surface area contributed by atoms with Crippen molar-refractivity contribution in [3.8, 4) is 0 Å². The summed E-state index contributed by atoms with van der Waals surface area (Å²) in [6.07, 6.45) is 8.33. The lowest BCUT2D eigenvalue weighted by Gasteiger charge is -2.36. The van der Waals surface area contributed by atoms with Gasteiger partial charge in [-0.2, -0.15) is 0 Å². The molecule has 0 aromatic rings. The fourth-order valence-corrected chi connectivity index (χ4v) is 5.85. The van der Waals surface area contributed by atoms with Gasteiger partial charge in [0.25, 0.3) is 0 Å². The third-order valence-corrected chi connectivity index (χ3v) is 7.32. The predicted molar refractivity (Wildman–Crippen MR) is 124 cm³/mol. The van der Waals surface area contributed by atoms with Crippen LogP contribution in [0.25, 0.3) is 0 Å². The van der Waals surface area contributed by atoms with Crippen molar-refractivity contribution < 1.29 is 4.74 Å². The van der Waals surface area contributed by atoms with Gasteiger partial charge in [0.15, 0.2) is 0 Å². The minimum atomic E-state index is 0. The SMILES string of the molecule is C.C.CC(C)[C@@H]1CCC2(CC2)N1C(C)C.CC(C)[C@@H]1COC2(CC2)N1C(C)C. The van der Waals surface area contributed by atoms with Crippen LogP contribution in [-0.2, 0) is 4.74 Å². The van der Waals surface area contributed by atoms with Gasteiger partial charge < -0.3 is 4.74 Å². The summed E-state index contributed by atoms with van der Waals surface area (Å²) in [5.74, 6) is 1.55. The lowest BCUT2D eigenvalue weighted by atomic mass is 10.0. The van der Waals surface area contributed by atoms with Crippen LogP contribution in [0, 0.1) is 11.8 Å². The Hall–Kier alpha value is -0.120. The number of likely N-dealkylation sites (tertiary alicyclic amines) is 1. The summed E-state index contributed by atoms with van der Waals surface area (Å²) in [6.45, 7) is 19.6. The number of hydrogen-bond acceptors (Lipinski definition) is 3. The summed E-state index contributed by atoms with van der Waals surface area (Å²) >= 11 is 0. The molecule has 3 nitrogen and oxygen atoms in total. The lowest BCUT2D eigenvalue weighted by Crippen LogP contribution is -2.45. The molecule has 4 fully saturated rings. The van der Waals surface area contributed by atoms with Crippen LogP contribution in [0.1, 0.15) is 109 Å². The molecule has 0 radical (unpaired) electrons. The molecule has 2 heterocycles. The van der Waals surface area contributed by atoms with E-state index in [1.54, 1.807) is 0 Å². The third-order valence-electron chi connectivity index (χ3n) is 7.32. The van der Waals surface area contributed by atoms with Gasteiger partial charge >= 0.3 is 0 Å². The molecule has 3 heteroatoms. The smallest absolute Gasteiger partial charge is 0.122 e. The average molecular weight is 397 g/mol. The Morgan fingerprint density at radius 1 is 0.679 bits per heavy atom. The number of rotatable bonds is 4. The van der Waals surface area contributed by atoms with E-state index in [4.69, 9.17) is 4.74 Å². The standard InChI is InChI=1S/C12H23N.C11H21NO.2CH4/c1-9(2)11-5-6-12(7-8-12)13(11)10(3)4;1-8(2)10-7-13-11(5-6-11)12(10)9(3)4;;/h9-11H,5-8H2,1-4H3;8-10H,5-7H2,1-4H3;2*1H4/t11-;10-;;/m00../s1. The zero-order valence-corrected chi connectivity index (χ0v) is 18.7. The van der Waals surface area contributed by atoms with Crippen LogP contribution >= 0.6 is 0 Å². The molecule has 0 N–H and O–H groups in total. The fraction of sp³-hybridized carbons (Fsp3) is 1.00. The van der Waals surface area contributed by atoms with Crippen molar-refractivity contribution in [3.05, 3.63) is 0 Å². The van der Waals surface area contributed by atoms with Crippen LogP contribution in [0.5, 0.6) is 0 Å². The highest BCUT2D eigenvalue weighted by molar-refractivity contribution is 5.11. The molecule has 2 aliphatic carbocycles. The second-order valence-electron chi connectivity index (χ2n) is 10.6. The molecule has 0 aromatic heterocycles. The van der Waals surface area contributed by atoms with E-state index in [9.17, 15) is 0 Å². The van der Waals surface area contributed by atoms with E-state index in [0.717, 1.165) is 24.6 Å². The van der Waals surface area contributed by atoms with Gasteiger partial charge in [-0.1, -0.05) is 42.5 Å². The topological polar surface area (TPSA) is 15.7 Å². The van der Waals surface area contributed by atoms with Crippen molar-refractivity contribution in [3.63, 3.8) is 0 Å². The van der Waals surface area contributed by atoms with Gasteiger partial charge in [0, 0.05) is 29.7 Å². The van der Waals surface area contributed by atoms with E-state index in [1.807, 2.05) is 0 Å². The molecule has 2 saturated carbocycles. The van der Waals surface area contributed by atoms with E-state index in [1.165, 1.54) is 38.5 Å². The minimum absolute atomic E-state index is 0. The molecule has 4 rings (SSSR count). The first-order valence-corrected chi connectivity index (χ1v) is 11.3. The number of hydrogen-bond donors (Lipinski definition) is 0. The maximum absolute atomic E-state index is 5.93. The monoisotopic (exact) mass is 396 g/mol. The van der Waals surface area contributed by atoms with Crippen LogP contribution in [0.2, 0.25) is 0 Å². The second kappa shape index (κ2) is 9.35. The Labute approximate surface area is 177 Å². The number of nitrogens with zero attached hydrogens (tertiary/aromatic N) is 2. The van der Waals surface area contributed by atoms with Crippen molar-refractivity contribution in [2.75, 3.05) is 6.61 Å². The molecular formula is C25H52N2O. The Bertz CT molecular complexity index is 433. The van der Waals surface area contributed by atoms with Gasteiger partial charge in [0.1, 0.15) is 5.72 Å².